The third kappa shape index (κ3) is 3.88. The number of nitrogens with one attached hydrogen (secondary N) is 1. The Labute approximate surface area is 105 Å². The van der Waals surface area contributed by atoms with E-state index in [1.54, 1.807) is 11.3 Å². The fraction of sp³-hybridized carbons (Fsp3) is 0.462. The van der Waals surface area contributed by atoms with Gasteiger partial charge in [-0.1, -0.05) is 11.8 Å². The van der Waals surface area contributed by atoms with Gasteiger partial charge < -0.3 is 10.4 Å². The molecule has 2 N–H and O–H groups in total. The van der Waals surface area contributed by atoms with E-state index in [4.69, 9.17) is 5.11 Å². The Hall–Kier alpha value is -1.31. The molecule has 1 aliphatic carbocycles. The van der Waals surface area contributed by atoms with E-state index in [0.29, 0.717) is 18.9 Å². The van der Waals surface area contributed by atoms with Gasteiger partial charge in [0.1, 0.15) is 6.61 Å². The Morgan fingerprint density at radius 1 is 1.59 bits per heavy atom. The number of carbonyl (C=O) groups excluding carboxylic acids is 1. The van der Waals surface area contributed by atoms with Crippen LogP contribution in [0.3, 0.4) is 0 Å². The van der Waals surface area contributed by atoms with Crippen molar-refractivity contribution in [1.29, 1.82) is 0 Å². The Kier molecular flexibility index (Phi) is 4.18. The summed E-state index contributed by atoms with van der Waals surface area (Å²) < 4.78 is 0. The van der Waals surface area contributed by atoms with Crippen LogP contribution in [0.25, 0.3) is 0 Å². The van der Waals surface area contributed by atoms with Crippen LogP contribution >= 0.6 is 11.3 Å². The molecule has 1 aromatic rings. The summed E-state index contributed by atoms with van der Waals surface area (Å²) in [5.41, 5.74) is 0.899. The highest BCUT2D eigenvalue weighted by Crippen LogP contribution is 2.32. The summed E-state index contributed by atoms with van der Waals surface area (Å²) in [7, 11) is 0. The van der Waals surface area contributed by atoms with Gasteiger partial charge in [-0.05, 0) is 30.2 Å². The molecule has 0 radical (unpaired) electrons. The van der Waals surface area contributed by atoms with Gasteiger partial charge in [0.2, 0.25) is 5.91 Å². The molecule has 0 atom stereocenters. The van der Waals surface area contributed by atoms with Crippen LogP contribution in [-0.4, -0.2) is 17.6 Å². The molecule has 0 aliphatic heterocycles. The number of aliphatic hydroxyl groups is 1. The second-order valence-electron chi connectivity index (χ2n) is 4.14. The van der Waals surface area contributed by atoms with Gasteiger partial charge in [0.25, 0.3) is 0 Å². The number of thiophene rings is 1. The van der Waals surface area contributed by atoms with E-state index in [0.717, 1.165) is 10.4 Å². The van der Waals surface area contributed by atoms with Crippen molar-refractivity contribution in [2.75, 3.05) is 6.61 Å². The number of hydrogen-bond donors (Lipinski definition) is 2. The van der Waals surface area contributed by atoms with Crippen LogP contribution in [-0.2, 0) is 11.3 Å². The predicted molar refractivity (Wildman–Crippen MR) is 67.5 cm³/mol. The molecule has 1 aromatic heterocycles. The fourth-order valence-electron chi connectivity index (χ4n) is 1.56. The summed E-state index contributed by atoms with van der Waals surface area (Å²) in [5.74, 6) is 6.24. The summed E-state index contributed by atoms with van der Waals surface area (Å²) in [6, 6.07) is 1.91. The van der Waals surface area contributed by atoms with Crippen LogP contribution in [0.15, 0.2) is 11.4 Å². The van der Waals surface area contributed by atoms with Gasteiger partial charge in [0, 0.05) is 16.9 Å². The Morgan fingerprint density at radius 2 is 2.41 bits per heavy atom. The van der Waals surface area contributed by atoms with Crippen LogP contribution in [0, 0.1) is 17.8 Å². The monoisotopic (exact) mass is 249 g/mol. The van der Waals surface area contributed by atoms with Crippen LogP contribution in [0.1, 0.15) is 29.7 Å². The molecule has 0 unspecified atom stereocenters. The van der Waals surface area contributed by atoms with Crippen LogP contribution in [0.2, 0.25) is 0 Å². The topological polar surface area (TPSA) is 49.3 Å². The van der Waals surface area contributed by atoms with Gasteiger partial charge in [0.05, 0.1) is 6.54 Å². The van der Waals surface area contributed by atoms with Crippen molar-refractivity contribution in [3.63, 3.8) is 0 Å². The van der Waals surface area contributed by atoms with E-state index in [1.807, 2.05) is 11.4 Å². The minimum Gasteiger partial charge on any atom is -0.384 e. The lowest BCUT2D eigenvalue weighted by molar-refractivity contribution is -0.121. The van der Waals surface area contributed by atoms with E-state index in [9.17, 15) is 4.79 Å². The van der Waals surface area contributed by atoms with Crippen molar-refractivity contribution in [2.45, 2.75) is 25.8 Å². The highest BCUT2D eigenvalue weighted by Gasteiger charge is 2.24. The van der Waals surface area contributed by atoms with E-state index in [-0.39, 0.29) is 12.5 Å². The average Bonchev–Trinajstić information content (AvgIpc) is 3.01. The van der Waals surface area contributed by atoms with Gasteiger partial charge in [-0.2, -0.15) is 0 Å². The lowest BCUT2D eigenvalue weighted by atomic mass is 10.2. The molecule has 1 heterocycles. The summed E-state index contributed by atoms with van der Waals surface area (Å²) in [5, 5.41) is 13.5. The van der Waals surface area contributed by atoms with Gasteiger partial charge in [-0.3, -0.25) is 4.79 Å². The average molecular weight is 249 g/mol. The van der Waals surface area contributed by atoms with Crippen LogP contribution in [0.5, 0.6) is 0 Å². The van der Waals surface area contributed by atoms with Gasteiger partial charge in [-0.25, -0.2) is 0 Å². The number of carbonyl (C=O) groups is 1. The molecule has 1 amide bonds. The number of amides is 1. The normalized spacial score (nSPS) is 13.9. The van der Waals surface area contributed by atoms with E-state index in [2.05, 4.69) is 17.2 Å². The molecule has 0 saturated heterocycles. The molecule has 0 bridgehead atoms. The highest BCUT2D eigenvalue weighted by atomic mass is 32.1. The molecule has 0 aromatic carbocycles. The molecule has 3 nitrogen and oxygen atoms in total. The summed E-state index contributed by atoms with van der Waals surface area (Å²) >= 11 is 1.58. The number of hydrogen-bond acceptors (Lipinski definition) is 3. The smallest absolute Gasteiger partial charge is 0.220 e. The van der Waals surface area contributed by atoms with Gasteiger partial charge in [-0.15, -0.1) is 11.3 Å². The molecule has 0 spiro atoms. The Morgan fingerprint density at radius 3 is 3.12 bits per heavy atom. The SMILES string of the molecule is O=C(CC1CC1)NCc1sccc1C#CCO. The van der Waals surface area contributed by atoms with Crippen molar-refractivity contribution >= 4 is 17.2 Å². The standard InChI is InChI=1S/C13H15NO2S/c15-6-1-2-11-5-7-17-12(11)9-14-13(16)8-10-3-4-10/h5,7,10,15H,3-4,6,8-9H2,(H,14,16). The molecule has 1 saturated carbocycles. The fourth-order valence-corrected chi connectivity index (χ4v) is 2.33. The zero-order valence-electron chi connectivity index (χ0n) is 9.53. The summed E-state index contributed by atoms with van der Waals surface area (Å²) in [4.78, 5) is 12.6. The van der Waals surface area contributed by atoms with E-state index >= 15 is 0 Å². The summed E-state index contributed by atoms with van der Waals surface area (Å²) in [6.45, 7) is 0.405. The zero-order chi connectivity index (χ0) is 12.1. The first-order valence-electron chi connectivity index (χ1n) is 5.72. The maximum atomic E-state index is 11.5. The van der Waals surface area contributed by atoms with Crippen molar-refractivity contribution in [3.05, 3.63) is 21.9 Å². The van der Waals surface area contributed by atoms with E-state index < -0.39 is 0 Å². The van der Waals surface area contributed by atoms with Gasteiger partial charge >= 0.3 is 0 Å². The molecule has 17 heavy (non-hydrogen) atoms. The third-order valence-corrected chi connectivity index (χ3v) is 3.59. The van der Waals surface area contributed by atoms with Crippen LogP contribution < -0.4 is 5.32 Å². The first-order chi connectivity index (χ1) is 8.29. The Bertz CT molecular complexity index is 451. The molecule has 1 aliphatic rings. The predicted octanol–water partition coefficient (Wildman–Crippen LogP) is 1.51. The minimum atomic E-state index is -0.136. The third-order valence-electron chi connectivity index (χ3n) is 2.66. The molecule has 4 heteroatoms. The molecular formula is C13H15NO2S. The molecule has 90 valence electrons. The molecular weight excluding hydrogens is 234 g/mol. The quantitative estimate of drug-likeness (QED) is 0.795. The number of aliphatic hydroxyl groups excluding tert-OH is 1. The number of rotatable bonds is 4. The largest absolute Gasteiger partial charge is 0.384 e. The van der Waals surface area contributed by atoms with Crippen molar-refractivity contribution in [3.8, 4) is 11.8 Å². The highest BCUT2D eigenvalue weighted by molar-refractivity contribution is 7.10. The second-order valence-corrected chi connectivity index (χ2v) is 5.14. The lowest BCUT2D eigenvalue weighted by Gasteiger charge is -2.03. The Balaban J connectivity index is 1.85. The van der Waals surface area contributed by atoms with Crippen molar-refractivity contribution in [1.82, 2.24) is 5.32 Å². The molecule has 2 rings (SSSR count). The lowest BCUT2D eigenvalue weighted by Crippen LogP contribution is -2.22. The molecule has 1 fully saturated rings. The zero-order valence-corrected chi connectivity index (χ0v) is 10.3. The van der Waals surface area contributed by atoms with E-state index in [1.165, 1.54) is 12.8 Å². The first-order valence-corrected chi connectivity index (χ1v) is 6.60. The summed E-state index contributed by atoms with van der Waals surface area (Å²) in [6.07, 6.45) is 3.04. The minimum absolute atomic E-state index is 0.127. The van der Waals surface area contributed by atoms with Crippen LogP contribution in [0.4, 0.5) is 0 Å². The second kappa shape index (κ2) is 5.85. The van der Waals surface area contributed by atoms with Crippen molar-refractivity contribution < 1.29 is 9.90 Å². The first kappa shape index (κ1) is 12.2. The maximum Gasteiger partial charge on any atom is 0.220 e. The maximum absolute atomic E-state index is 11.5. The van der Waals surface area contributed by atoms with Crippen molar-refractivity contribution in [2.24, 2.45) is 5.92 Å². The van der Waals surface area contributed by atoms with Gasteiger partial charge in [0.15, 0.2) is 0 Å².